The maximum Gasteiger partial charge on any atom is 0.333 e. The van der Waals surface area contributed by atoms with Crippen molar-refractivity contribution in [1.82, 2.24) is 4.48 Å². The molecule has 2 amide bonds. The van der Waals surface area contributed by atoms with E-state index in [2.05, 4.69) is 12.1 Å². The van der Waals surface area contributed by atoms with E-state index in [1.165, 1.54) is 0 Å². The third-order valence-electron chi connectivity index (χ3n) is 8.16. The fourth-order valence-electron chi connectivity index (χ4n) is 6.53. The van der Waals surface area contributed by atoms with Gasteiger partial charge in [0.15, 0.2) is 5.69 Å². The number of likely N-dealkylation sites (tertiary alicyclic amines) is 1. The summed E-state index contributed by atoms with van der Waals surface area (Å²) in [6, 6.07) is 22.0. The van der Waals surface area contributed by atoms with Crippen molar-refractivity contribution in [3.05, 3.63) is 71.8 Å². The van der Waals surface area contributed by atoms with Gasteiger partial charge < -0.3 is 9.47 Å². The van der Waals surface area contributed by atoms with E-state index in [9.17, 15) is 20.1 Å². The van der Waals surface area contributed by atoms with Crippen LogP contribution in [0.2, 0.25) is 0 Å². The second-order valence-electron chi connectivity index (χ2n) is 10.00. The summed E-state index contributed by atoms with van der Waals surface area (Å²) in [6.45, 7) is 2.16. The Balaban J connectivity index is 1.47. The van der Waals surface area contributed by atoms with Gasteiger partial charge in [0.2, 0.25) is 0 Å². The van der Waals surface area contributed by atoms with Crippen molar-refractivity contribution in [1.29, 1.82) is 10.5 Å². The summed E-state index contributed by atoms with van der Waals surface area (Å²) >= 11 is 0. The molecule has 3 aliphatic rings. The van der Waals surface area contributed by atoms with E-state index in [1.54, 1.807) is 36.4 Å². The molecule has 3 heterocycles. The Morgan fingerprint density at radius 1 is 1.03 bits per heavy atom. The quantitative estimate of drug-likeness (QED) is 0.402. The minimum atomic E-state index is -0.646. The molecule has 178 valence electrons. The second kappa shape index (κ2) is 7.99. The largest absolute Gasteiger partial charge is 0.488 e. The molecule has 2 bridgehead atoms. The third-order valence-corrected chi connectivity index (χ3v) is 8.16. The van der Waals surface area contributed by atoms with Crippen LogP contribution in [0.5, 0.6) is 5.75 Å². The molecule has 0 radical (unpaired) electrons. The Morgan fingerprint density at radius 2 is 1.83 bits per heavy atom. The van der Waals surface area contributed by atoms with Crippen LogP contribution in [0.25, 0.3) is 10.8 Å². The number of carbonyl (C=O) groups excluding carboxylic acids is 2. The number of nitrogens with zero attached hydrogens (tertiary/aromatic N) is 3. The van der Waals surface area contributed by atoms with Gasteiger partial charge in [-0.1, -0.05) is 24.3 Å². The highest BCUT2D eigenvalue weighted by molar-refractivity contribution is 6.21. The molecule has 1 unspecified atom stereocenters. The van der Waals surface area contributed by atoms with E-state index < -0.39 is 21.9 Å². The van der Waals surface area contributed by atoms with E-state index in [-0.39, 0.29) is 31.1 Å². The summed E-state index contributed by atoms with van der Waals surface area (Å²) in [4.78, 5) is 28.7. The average molecular weight is 479 g/mol. The average Bonchev–Trinajstić information content (AvgIpc) is 3.51. The van der Waals surface area contributed by atoms with Crippen LogP contribution in [-0.4, -0.2) is 36.7 Å². The fraction of sp³-hybridized carbons (Fsp3) is 0.310. The van der Waals surface area contributed by atoms with Gasteiger partial charge in [0.05, 0.1) is 35.0 Å². The smallest absolute Gasteiger partial charge is 0.333 e. The second-order valence-corrected chi connectivity index (χ2v) is 10.00. The van der Waals surface area contributed by atoms with Gasteiger partial charge in [-0.25, -0.2) is 9.59 Å². The first-order valence-corrected chi connectivity index (χ1v) is 12.1. The maximum atomic E-state index is 14.4. The minimum absolute atomic E-state index is 0.0996. The molecule has 3 aliphatic heterocycles. The van der Waals surface area contributed by atoms with E-state index in [1.807, 2.05) is 31.2 Å². The van der Waals surface area contributed by atoms with Gasteiger partial charge >= 0.3 is 11.8 Å². The Bertz CT molecular complexity index is 1520. The van der Waals surface area contributed by atoms with Crippen molar-refractivity contribution in [3.63, 3.8) is 0 Å². The number of fused-ring (bicyclic) bond motifs is 6. The lowest BCUT2D eigenvalue weighted by Gasteiger charge is -2.32. The van der Waals surface area contributed by atoms with Gasteiger partial charge in [-0.3, -0.25) is 0 Å². The summed E-state index contributed by atoms with van der Waals surface area (Å²) in [5.74, 6) is -0.833. The molecule has 7 heteroatoms. The topological polar surface area (TPSA) is 100 Å². The fourth-order valence-corrected chi connectivity index (χ4v) is 6.53. The molecule has 3 aromatic rings. The standard InChI is InChI=1S/C29H24N3O4/c1-29-12-11-24(36-29)25-26(29)28(34)32(27(25)33,13-14-35-20-6-4-5-18(15-20)16-30)23-10-9-19(17-31)21-7-2-3-8-22(21)23/h2-10,15,24-26H,11-14H2,1H3/q+1/t24-,25-,26+,29+,32?/m0/s1. The number of nitriles is 2. The summed E-state index contributed by atoms with van der Waals surface area (Å²) < 4.78 is 11.7. The first-order chi connectivity index (χ1) is 17.4. The summed E-state index contributed by atoms with van der Waals surface area (Å²) in [7, 11) is 0. The van der Waals surface area contributed by atoms with E-state index in [4.69, 9.17) is 9.47 Å². The molecule has 3 fully saturated rings. The minimum Gasteiger partial charge on any atom is -0.488 e. The van der Waals surface area contributed by atoms with Crippen LogP contribution in [-0.2, 0) is 14.3 Å². The SMILES string of the molecule is C[C@]12CC[C@H](O1)[C@@H]1C(=O)[N+](CCOc3cccc(C#N)c3)(c3ccc(C#N)c4ccccc34)C(=O)[C@@H]12. The Hall–Kier alpha value is -4.04. The highest BCUT2D eigenvalue weighted by Crippen LogP contribution is 2.58. The Labute approximate surface area is 208 Å². The first-order valence-electron chi connectivity index (χ1n) is 12.1. The predicted octanol–water partition coefficient (Wildman–Crippen LogP) is 4.22. The van der Waals surface area contributed by atoms with E-state index >= 15 is 0 Å². The number of carbonyl (C=O) groups is 2. The van der Waals surface area contributed by atoms with Gasteiger partial charge in [-0.15, -0.1) is 0 Å². The van der Waals surface area contributed by atoms with Crippen molar-refractivity contribution >= 4 is 28.3 Å². The molecule has 0 aliphatic carbocycles. The van der Waals surface area contributed by atoms with Crippen molar-refractivity contribution < 1.29 is 19.1 Å². The lowest BCUT2D eigenvalue weighted by atomic mass is 9.74. The van der Waals surface area contributed by atoms with E-state index in [0.717, 1.165) is 12.8 Å². The Kier molecular flexibility index (Phi) is 4.98. The van der Waals surface area contributed by atoms with Gasteiger partial charge in [-0.2, -0.15) is 15.0 Å². The molecule has 0 N–H and O–H groups in total. The normalized spacial score (nSPS) is 30.2. The molecule has 0 aromatic heterocycles. The number of imide groups is 1. The number of amides is 2. The van der Waals surface area contributed by atoms with Gasteiger partial charge in [0, 0.05) is 16.8 Å². The monoisotopic (exact) mass is 478 g/mol. The zero-order valence-electron chi connectivity index (χ0n) is 19.8. The summed E-state index contributed by atoms with van der Waals surface area (Å²) in [6.07, 6.45) is 1.26. The third kappa shape index (κ3) is 2.97. The molecule has 3 aromatic carbocycles. The molecular weight excluding hydrogens is 454 g/mol. The van der Waals surface area contributed by atoms with Gasteiger partial charge in [0.25, 0.3) is 0 Å². The number of hydrogen-bond donors (Lipinski definition) is 0. The number of hydrogen-bond acceptors (Lipinski definition) is 6. The Morgan fingerprint density at radius 3 is 2.58 bits per heavy atom. The van der Waals surface area contributed by atoms with Crippen LogP contribution in [0.3, 0.4) is 0 Å². The highest BCUT2D eigenvalue weighted by Gasteiger charge is 2.75. The van der Waals surface area contributed by atoms with Crippen LogP contribution in [0, 0.1) is 34.5 Å². The molecule has 7 nitrogen and oxygen atoms in total. The maximum absolute atomic E-state index is 14.4. The van der Waals surface area contributed by atoms with Crippen molar-refractivity contribution in [2.45, 2.75) is 31.5 Å². The van der Waals surface area contributed by atoms with Gasteiger partial charge in [0.1, 0.15) is 30.7 Å². The molecule has 5 atom stereocenters. The highest BCUT2D eigenvalue weighted by atomic mass is 16.5. The van der Waals surface area contributed by atoms with Crippen molar-refractivity contribution in [3.8, 4) is 17.9 Å². The van der Waals surface area contributed by atoms with Crippen LogP contribution >= 0.6 is 0 Å². The zero-order chi connectivity index (χ0) is 25.1. The molecular formula is C29H24N3O4+. The predicted molar refractivity (Wildman–Crippen MR) is 131 cm³/mol. The summed E-state index contributed by atoms with van der Waals surface area (Å²) in [5, 5.41) is 20.3. The zero-order valence-corrected chi connectivity index (χ0v) is 19.8. The van der Waals surface area contributed by atoms with E-state index in [0.29, 0.717) is 33.3 Å². The molecule has 36 heavy (non-hydrogen) atoms. The van der Waals surface area contributed by atoms with Crippen LogP contribution < -0.4 is 9.22 Å². The number of ether oxygens (including phenoxy) is 2. The van der Waals surface area contributed by atoms with Crippen LogP contribution in [0.4, 0.5) is 5.69 Å². The number of benzene rings is 3. The first kappa shape index (κ1) is 22.4. The number of quaternary nitrogens is 1. The molecule has 0 saturated carbocycles. The lowest BCUT2D eigenvalue weighted by Crippen LogP contribution is -2.58. The number of rotatable bonds is 5. The van der Waals surface area contributed by atoms with Crippen LogP contribution in [0.1, 0.15) is 30.9 Å². The summed E-state index contributed by atoms with van der Waals surface area (Å²) in [5.41, 5.74) is 0.893. The molecule has 0 spiro atoms. The molecule has 6 rings (SSSR count). The van der Waals surface area contributed by atoms with Crippen LogP contribution in [0.15, 0.2) is 60.7 Å². The lowest BCUT2D eigenvalue weighted by molar-refractivity contribution is -0.143. The van der Waals surface area contributed by atoms with Crippen molar-refractivity contribution in [2.24, 2.45) is 11.8 Å². The molecule has 3 saturated heterocycles. The van der Waals surface area contributed by atoms with Crippen molar-refractivity contribution in [2.75, 3.05) is 13.2 Å². The van der Waals surface area contributed by atoms with Gasteiger partial charge in [-0.05, 0) is 50.1 Å².